The topological polar surface area (TPSA) is 113 Å². The molecule has 0 aromatic heterocycles. The number of carbonyl (C=O) groups is 1. The van der Waals surface area contributed by atoms with Crippen LogP contribution in [0.1, 0.15) is 0 Å². The molecule has 0 N–H and O–H groups in total. The van der Waals surface area contributed by atoms with Gasteiger partial charge in [0.25, 0.3) is 6.16 Å². The van der Waals surface area contributed by atoms with Crippen molar-refractivity contribution in [2.45, 2.75) is 0 Å². The SMILES string of the molecule is O=C([O-])OP(=O)([O-])[O-].[K+].[Mg+2]. The molecule has 0 radical (unpaired) electrons. The molecule has 10 heavy (non-hydrogen) atoms. The van der Waals surface area contributed by atoms with Gasteiger partial charge in [-0.2, -0.15) is 0 Å². The minimum Gasteiger partial charge on any atom is -0.795 e. The zero-order chi connectivity index (χ0) is 6.78. The van der Waals surface area contributed by atoms with E-state index in [1.807, 2.05) is 0 Å². The molecule has 0 saturated carbocycles. The summed E-state index contributed by atoms with van der Waals surface area (Å²) < 4.78 is 12.0. The van der Waals surface area contributed by atoms with Gasteiger partial charge in [-0.3, -0.25) is 0 Å². The van der Waals surface area contributed by atoms with E-state index in [-0.39, 0.29) is 74.4 Å². The maximum absolute atomic E-state index is 9.27. The molecule has 0 aliphatic heterocycles. The molecule has 9 heteroatoms. The van der Waals surface area contributed by atoms with E-state index in [1.165, 1.54) is 0 Å². The third kappa shape index (κ3) is 16.4. The van der Waals surface area contributed by atoms with E-state index in [0.717, 1.165) is 0 Å². The van der Waals surface area contributed by atoms with Gasteiger partial charge in [0.2, 0.25) is 0 Å². The maximum Gasteiger partial charge on any atom is 2.00 e. The van der Waals surface area contributed by atoms with Crippen LogP contribution < -0.4 is 66.3 Å². The van der Waals surface area contributed by atoms with Gasteiger partial charge in [-0.1, -0.05) is 0 Å². The first-order valence-corrected chi connectivity index (χ1v) is 2.80. The number of rotatable bonds is 1. The molecule has 0 rings (SSSR count). The van der Waals surface area contributed by atoms with Crippen molar-refractivity contribution >= 4 is 37.0 Å². The summed E-state index contributed by atoms with van der Waals surface area (Å²) in [5.74, 6) is 0. The molecule has 6 nitrogen and oxygen atoms in total. The molecule has 0 atom stereocenters. The standard InChI is InChI=1S/CH3O6P.K.Mg/c2-1(3)7-8(4,5)6;;/h(H,2,3)(H2,4,5,6);;/q;+1;+2/p-3. The summed E-state index contributed by atoms with van der Waals surface area (Å²) in [4.78, 5) is 27.7. The fraction of sp³-hybridized carbons (Fsp3) is 0. The largest absolute Gasteiger partial charge is 2.00 e. The van der Waals surface area contributed by atoms with Crippen LogP contribution in [0.2, 0.25) is 0 Å². The van der Waals surface area contributed by atoms with Gasteiger partial charge in [0.05, 0.1) is 0 Å². The Morgan fingerprint density at radius 2 is 1.70 bits per heavy atom. The monoisotopic (exact) mass is 202 g/mol. The van der Waals surface area contributed by atoms with E-state index in [2.05, 4.69) is 4.52 Å². The second-order valence-electron chi connectivity index (χ2n) is 0.789. The van der Waals surface area contributed by atoms with Crippen molar-refractivity contribution in [3.8, 4) is 0 Å². The zero-order valence-corrected chi connectivity index (χ0v) is 10.5. The molecule has 0 unspecified atom stereocenters. The van der Waals surface area contributed by atoms with Crippen LogP contribution in [0.3, 0.4) is 0 Å². The summed E-state index contributed by atoms with van der Waals surface area (Å²) in [6, 6.07) is 0. The summed E-state index contributed by atoms with van der Waals surface area (Å²) in [5, 5.41) is 9.11. The average Bonchev–Trinajstić information content (AvgIpc) is 1.21. The van der Waals surface area contributed by atoms with Crippen molar-refractivity contribution in [2.24, 2.45) is 0 Å². The van der Waals surface area contributed by atoms with Gasteiger partial charge in [0.1, 0.15) is 0 Å². The Morgan fingerprint density at radius 3 is 1.70 bits per heavy atom. The first kappa shape index (κ1) is 17.8. The number of carboxylic acid groups (broad SMARTS) is 1. The number of phosphoric ester groups is 1. The summed E-state index contributed by atoms with van der Waals surface area (Å²) in [5.41, 5.74) is 0. The Hall–Kier alpha value is 1.82. The van der Waals surface area contributed by atoms with Crippen LogP contribution in [0, 0.1) is 0 Å². The first-order valence-electron chi connectivity index (χ1n) is 1.34. The van der Waals surface area contributed by atoms with Crippen LogP contribution in [0.4, 0.5) is 4.79 Å². The molecule has 0 spiro atoms. The van der Waals surface area contributed by atoms with Gasteiger partial charge in [-0.05, 0) is 0 Å². The fourth-order valence-corrected chi connectivity index (χ4v) is 0.274. The number of phosphoric acid groups is 1. The third-order valence-electron chi connectivity index (χ3n) is 0.186. The van der Waals surface area contributed by atoms with E-state index in [9.17, 15) is 14.4 Å². The van der Waals surface area contributed by atoms with E-state index in [1.54, 1.807) is 0 Å². The number of hydrogen-bond donors (Lipinski definition) is 0. The van der Waals surface area contributed by atoms with E-state index in [4.69, 9.17) is 9.90 Å². The molecular weight excluding hydrogens is 202 g/mol. The second kappa shape index (κ2) is 7.47. The number of hydrogen-bond acceptors (Lipinski definition) is 6. The molecule has 0 saturated heterocycles. The predicted octanol–water partition coefficient (Wildman–Crippen LogP) is -6.20. The van der Waals surface area contributed by atoms with Gasteiger partial charge < -0.3 is 28.8 Å². The third-order valence-corrected chi connectivity index (χ3v) is 0.559. The minimum atomic E-state index is -5.38. The normalized spacial score (nSPS) is 8.60. The van der Waals surface area contributed by atoms with Crippen molar-refractivity contribution in [3.05, 3.63) is 0 Å². The molecule has 0 fully saturated rings. The van der Waals surface area contributed by atoms with Gasteiger partial charge >= 0.3 is 74.4 Å². The van der Waals surface area contributed by atoms with Gasteiger partial charge in [-0.25, -0.2) is 0 Å². The molecular formula is CKMgO6P. The number of carbonyl (C=O) groups excluding carboxylic acids is 1. The molecule has 0 aliphatic carbocycles. The van der Waals surface area contributed by atoms with Crippen LogP contribution in [-0.4, -0.2) is 29.2 Å². The van der Waals surface area contributed by atoms with Crippen molar-refractivity contribution < 1.29 is 80.2 Å². The molecule has 0 aromatic rings. The summed E-state index contributed by atoms with van der Waals surface area (Å²) >= 11 is 0. The predicted molar refractivity (Wildman–Crippen MR) is 19.8 cm³/mol. The van der Waals surface area contributed by atoms with Crippen molar-refractivity contribution in [1.82, 2.24) is 0 Å². The molecule has 0 aromatic carbocycles. The average molecular weight is 202 g/mol. The Morgan fingerprint density at radius 1 is 1.40 bits per heavy atom. The van der Waals surface area contributed by atoms with Crippen LogP contribution in [0.15, 0.2) is 0 Å². The van der Waals surface area contributed by atoms with Gasteiger partial charge in [-0.15, -0.1) is 0 Å². The van der Waals surface area contributed by atoms with Crippen molar-refractivity contribution in [1.29, 1.82) is 0 Å². The summed E-state index contributed by atoms with van der Waals surface area (Å²) in [7, 11) is -5.38. The zero-order valence-electron chi connectivity index (χ0n) is 5.10. The fourth-order valence-electron chi connectivity index (χ4n) is 0.0913. The van der Waals surface area contributed by atoms with E-state index in [0.29, 0.717) is 0 Å². The smallest absolute Gasteiger partial charge is 0.795 e. The maximum atomic E-state index is 9.27. The quantitative estimate of drug-likeness (QED) is 0.309. The summed E-state index contributed by atoms with van der Waals surface area (Å²) in [6.45, 7) is 0. The summed E-state index contributed by atoms with van der Waals surface area (Å²) in [6.07, 6.45) is -2.36. The van der Waals surface area contributed by atoms with Gasteiger partial charge in [0, 0.05) is 7.82 Å². The van der Waals surface area contributed by atoms with Crippen molar-refractivity contribution in [3.63, 3.8) is 0 Å². The van der Waals surface area contributed by atoms with Crippen LogP contribution in [0.25, 0.3) is 0 Å². The molecule has 0 heterocycles. The van der Waals surface area contributed by atoms with Crippen LogP contribution in [0.5, 0.6) is 0 Å². The van der Waals surface area contributed by atoms with E-state index >= 15 is 0 Å². The molecule has 0 bridgehead atoms. The second-order valence-corrected chi connectivity index (χ2v) is 1.87. The molecule has 0 amide bonds. The Bertz CT molecular complexity index is 141. The van der Waals surface area contributed by atoms with Crippen molar-refractivity contribution in [2.75, 3.05) is 0 Å². The first-order chi connectivity index (χ1) is 3.42. The Balaban J connectivity index is -0.000000245. The minimum absolute atomic E-state index is 0. The molecule has 48 valence electrons. The van der Waals surface area contributed by atoms with E-state index < -0.39 is 14.0 Å². The van der Waals surface area contributed by atoms with Crippen LogP contribution >= 0.6 is 7.82 Å². The van der Waals surface area contributed by atoms with Gasteiger partial charge in [0.15, 0.2) is 0 Å². The Kier molecular flexibility index (Phi) is 13.3. The molecule has 0 aliphatic rings. The Labute approximate surface area is 115 Å². The van der Waals surface area contributed by atoms with Crippen LogP contribution in [-0.2, 0) is 9.09 Å².